The number of likely N-dealkylation sites (N-methyl/N-ethyl adjacent to an activating group) is 1. The summed E-state index contributed by atoms with van der Waals surface area (Å²) in [5.74, 6) is -1.74. The number of quaternary nitrogens is 1. The molecule has 6 nitrogen and oxygen atoms in total. The van der Waals surface area contributed by atoms with Gasteiger partial charge in [-0.1, -0.05) is 44.1 Å². The van der Waals surface area contributed by atoms with Crippen LogP contribution in [-0.4, -0.2) is 61.4 Å². The summed E-state index contributed by atoms with van der Waals surface area (Å²) in [6.07, 6.45) is 10.3. The molecule has 1 N–H and O–H groups in total. The molecule has 0 aromatic heterocycles. The number of allylic oxidation sites excluding steroid dienone is 3. The lowest BCUT2D eigenvalue weighted by atomic mass is 10.1. The zero-order valence-electron chi connectivity index (χ0n) is 16.6. The molecule has 0 aromatic carbocycles. The third-order valence-corrected chi connectivity index (χ3v) is 3.64. The molecule has 0 fully saturated rings. The van der Waals surface area contributed by atoms with Gasteiger partial charge in [0.05, 0.1) is 27.2 Å². The number of aliphatic hydroxyl groups is 1. The van der Waals surface area contributed by atoms with Crippen molar-refractivity contribution >= 4 is 11.9 Å². The fourth-order valence-corrected chi connectivity index (χ4v) is 2.40. The molecule has 2 atom stereocenters. The molecule has 0 aliphatic heterocycles. The molecule has 150 valence electrons. The van der Waals surface area contributed by atoms with Crippen LogP contribution >= 0.6 is 0 Å². The summed E-state index contributed by atoms with van der Waals surface area (Å²) in [5, 5.41) is 20.7. The zero-order valence-corrected chi connectivity index (χ0v) is 16.6. The molecule has 6 heteroatoms. The van der Waals surface area contributed by atoms with Crippen LogP contribution in [0.1, 0.15) is 51.9 Å². The number of carboxylic acid groups (broad SMARTS) is 1. The third kappa shape index (κ3) is 15.8. The lowest BCUT2D eigenvalue weighted by Gasteiger charge is -2.29. The number of nitrogens with zero attached hydrogens (tertiary/aromatic N) is 1. The van der Waals surface area contributed by atoms with Crippen LogP contribution in [0.2, 0.25) is 0 Å². The Balaban J connectivity index is 4.18. The van der Waals surface area contributed by atoms with E-state index in [-0.39, 0.29) is 19.3 Å². The Labute approximate surface area is 157 Å². The number of rotatable bonds is 14. The summed E-state index contributed by atoms with van der Waals surface area (Å²) in [7, 11) is 5.68. The molecule has 0 amide bonds. The fraction of sp³-hybridized carbons (Fsp3) is 0.700. The molecular formula is C20H35NO5. The molecule has 0 aromatic rings. The number of aliphatic hydroxyl groups excluding tert-OH is 1. The quantitative estimate of drug-likeness (QED) is 0.217. The van der Waals surface area contributed by atoms with Crippen LogP contribution in [0, 0.1) is 0 Å². The van der Waals surface area contributed by atoms with Crippen molar-refractivity contribution in [3.05, 3.63) is 24.3 Å². The van der Waals surface area contributed by atoms with Gasteiger partial charge in [-0.15, -0.1) is 0 Å². The summed E-state index contributed by atoms with van der Waals surface area (Å²) in [6.45, 7) is 2.53. The fourth-order valence-electron chi connectivity index (χ4n) is 2.40. The van der Waals surface area contributed by atoms with Gasteiger partial charge >= 0.3 is 5.97 Å². The van der Waals surface area contributed by atoms with Crippen molar-refractivity contribution in [2.45, 2.75) is 64.1 Å². The normalized spacial score (nSPS) is 14.7. The Hall–Kier alpha value is -1.66. The van der Waals surface area contributed by atoms with E-state index in [1.54, 1.807) is 0 Å². The van der Waals surface area contributed by atoms with Crippen LogP contribution in [-0.2, 0) is 14.3 Å². The number of unbranched alkanes of at least 4 members (excludes halogenated alkanes) is 2. The standard InChI is InChI=1S/C20H35NO5/c1-5-6-7-8-9-10-11-12-17(22)13-14-20(25)26-18(15-19(23)24)16-21(2,3)4/h8-11,17-18,22H,5-7,12-16H2,1-4H3/b9-8+,11-10+. The first-order valence-electron chi connectivity index (χ1n) is 9.33. The summed E-state index contributed by atoms with van der Waals surface area (Å²) in [5.41, 5.74) is 0. The first kappa shape index (κ1) is 24.3. The van der Waals surface area contributed by atoms with E-state index in [0.717, 1.165) is 6.42 Å². The van der Waals surface area contributed by atoms with Gasteiger partial charge < -0.3 is 24.2 Å². The summed E-state index contributed by atoms with van der Waals surface area (Å²) >= 11 is 0. The predicted octanol–water partition coefficient (Wildman–Crippen LogP) is 1.58. The van der Waals surface area contributed by atoms with E-state index in [2.05, 4.69) is 13.0 Å². The van der Waals surface area contributed by atoms with Crippen LogP contribution in [0.4, 0.5) is 0 Å². The number of carbonyl (C=O) groups is 2. The largest absolute Gasteiger partial charge is 0.550 e. The average Bonchev–Trinajstić information content (AvgIpc) is 2.49. The summed E-state index contributed by atoms with van der Waals surface area (Å²) < 4.78 is 5.73. The maximum Gasteiger partial charge on any atom is 0.306 e. The third-order valence-electron chi connectivity index (χ3n) is 3.64. The molecule has 2 unspecified atom stereocenters. The van der Waals surface area contributed by atoms with Crippen molar-refractivity contribution < 1.29 is 29.0 Å². The van der Waals surface area contributed by atoms with Gasteiger partial charge in [0, 0.05) is 18.8 Å². The molecule has 0 rings (SSSR count). The maximum absolute atomic E-state index is 11.9. The number of hydrogen-bond acceptors (Lipinski definition) is 5. The smallest absolute Gasteiger partial charge is 0.306 e. The van der Waals surface area contributed by atoms with Crippen molar-refractivity contribution in [3.63, 3.8) is 0 Å². The van der Waals surface area contributed by atoms with Crippen LogP contribution in [0.25, 0.3) is 0 Å². The predicted molar refractivity (Wildman–Crippen MR) is 100 cm³/mol. The number of carbonyl (C=O) groups excluding carboxylic acids is 2. The Kier molecular flexibility index (Phi) is 12.7. The van der Waals surface area contributed by atoms with Gasteiger partial charge in [0.2, 0.25) is 0 Å². The van der Waals surface area contributed by atoms with Crippen LogP contribution in [0.3, 0.4) is 0 Å². The second kappa shape index (κ2) is 13.5. The Morgan fingerprint density at radius 1 is 1.19 bits per heavy atom. The van der Waals surface area contributed by atoms with Gasteiger partial charge in [0.25, 0.3) is 0 Å². The molecule has 0 bridgehead atoms. The molecule has 0 saturated heterocycles. The average molecular weight is 370 g/mol. The molecule has 0 heterocycles. The molecule has 0 radical (unpaired) electrons. The number of ether oxygens (including phenoxy) is 1. The molecule has 0 aliphatic rings. The minimum Gasteiger partial charge on any atom is -0.550 e. The Morgan fingerprint density at radius 3 is 2.42 bits per heavy atom. The summed E-state index contributed by atoms with van der Waals surface area (Å²) in [6, 6.07) is 0. The van der Waals surface area contributed by atoms with Gasteiger partial charge in [-0.2, -0.15) is 0 Å². The first-order chi connectivity index (χ1) is 12.1. The highest BCUT2D eigenvalue weighted by molar-refractivity contribution is 5.71. The highest BCUT2D eigenvalue weighted by Gasteiger charge is 2.22. The molecule has 0 saturated carbocycles. The first-order valence-corrected chi connectivity index (χ1v) is 9.33. The minimum atomic E-state index is -1.24. The Morgan fingerprint density at radius 2 is 1.85 bits per heavy atom. The van der Waals surface area contributed by atoms with Crippen LogP contribution in [0.15, 0.2) is 24.3 Å². The number of aliphatic carboxylic acids is 1. The highest BCUT2D eigenvalue weighted by Crippen LogP contribution is 2.09. The second-order valence-electron chi connectivity index (χ2n) is 7.59. The van der Waals surface area contributed by atoms with Gasteiger partial charge in [-0.25, -0.2) is 0 Å². The van der Waals surface area contributed by atoms with Gasteiger partial charge in [0.1, 0.15) is 6.54 Å². The van der Waals surface area contributed by atoms with Crippen molar-refractivity contribution in [2.24, 2.45) is 0 Å². The molecule has 26 heavy (non-hydrogen) atoms. The van der Waals surface area contributed by atoms with Gasteiger partial charge in [-0.05, 0) is 19.3 Å². The van der Waals surface area contributed by atoms with Crippen molar-refractivity contribution in [2.75, 3.05) is 27.7 Å². The van der Waals surface area contributed by atoms with Gasteiger partial charge in [0.15, 0.2) is 6.10 Å². The van der Waals surface area contributed by atoms with E-state index < -0.39 is 24.1 Å². The van der Waals surface area contributed by atoms with Gasteiger partial charge in [-0.3, -0.25) is 4.79 Å². The highest BCUT2D eigenvalue weighted by atomic mass is 16.5. The zero-order chi connectivity index (χ0) is 20.0. The van der Waals surface area contributed by atoms with E-state index in [4.69, 9.17) is 4.74 Å². The van der Waals surface area contributed by atoms with Crippen molar-refractivity contribution in [1.82, 2.24) is 0 Å². The summed E-state index contributed by atoms with van der Waals surface area (Å²) in [4.78, 5) is 22.7. The maximum atomic E-state index is 11.9. The van der Waals surface area contributed by atoms with Crippen molar-refractivity contribution in [3.8, 4) is 0 Å². The minimum absolute atomic E-state index is 0.0576. The Bertz CT molecular complexity index is 465. The van der Waals surface area contributed by atoms with E-state index in [1.807, 2.05) is 39.4 Å². The van der Waals surface area contributed by atoms with E-state index >= 15 is 0 Å². The van der Waals surface area contributed by atoms with Crippen LogP contribution < -0.4 is 5.11 Å². The number of carboxylic acids is 1. The number of esters is 1. The monoisotopic (exact) mass is 369 g/mol. The van der Waals surface area contributed by atoms with E-state index in [9.17, 15) is 19.8 Å². The van der Waals surface area contributed by atoms with E-state index in [0.29, 0.717) is 17.4 Å². The lowest BCUT2D eigenvalue weighted by molar-refractivity contribution is -0.873. The second-order valence-corrected chi connectivity index (χ2v) is 7.59. The molecule has 0 spiro atoms. The topological polar surface area (TPSA) is 86.7 Å². The number of hydrogen-bond donors (Lipinski definition) is 1. The molecular weight excluding hydrogens is 334 g/mol. The van der Waals surface area contributed by atoms with Crippen LogP contribution in [0.5, 0.6) is 0 Å². The molecule has 0 aliphatic carbocycles. The van der Waals surface area contributed by atoms with E-state index in [1.165, 1.54) is 12.8 Å². The SMILES string of the molecule is CCCC/C=C/C=C/CC(O)CCC(=O)OC(CC(=O)[O-])C[N+](C)(C)C. The lowest BCUT2D eigenvalue weighted by Crippen LogP contribution is -2.45. The van der Waals surface area contributed by atoms with Crippen molar-refractivity contribution in [1.29, 1.82) is 0 Å².